The minimum absolute atomic E-state index is 0.120. The number of imidazole rings is 1. The number of fused-ring (bicyclic) bond motifs is 3. The van der Waals surface area contributed by atoms with E-state index in [-0.39, 0.29) is 12.1 Å². The smallest absolute Gasteiger partial charge is 0.321 e. The highest BCUT2D eigenvalue weighted by Crippen LogP contribution is 2.38. The predicted molar refractivity (Wildman–Crippen MR) is 142 cm³/mol. The third-order valence-corrected chi connectivity index (χ3v) is 7.22. The number of hydrogen-bond acceptors (Lipinski definition) is 6. The Morgan fingerprint density at radius 2 is 1.84 bits per heavy atom. The van der Waals surface area contributed by atoms with Crippen LogP contribution in [0.25, 0.3) is 33.1 Å². The first-order valence-corrected chi connectivity index (χ1v) is 12.5. The number of ether oxygens (including phenoxy) is 1. The van der Waals surface area contributed by atoms with Crippen LogP contribution >= 0.6 is 11.6 Å². The summed E-state index contributed by atoms with van der Waals surface area (Å²) in [5.74, 6) is 0.829. The zero-order valence-corrected chi connectivity index (χ0v) is 21.2. The van der Waals surface area contributed by atoms with Crippen LogP contribution in [0.3, 0.4) is 0 Å². The normalized spacial score (nSPS) is 14.3. The predicted octanol–water partition coefficient (Wildman–Crippen LogP) is 5.65. The fraction of sp³-hybridized carbons (Fsp3) is 0.222. The number of pyridine rings is 1. The molecule has 2 aromatic carbocycles. The molecule has 5 aromatic rings. The molecule has 4 heterocycles. The number of carbonyl (C=O) groups is 1. The lowest BCUT2D eigenvalue weighted by Crippen LogP contribution is -2.42. The van der Waals surface area contributed by atoms with Crippen molar-refractivity contribution in [3.8, 4) is 22.9 Å². The number of primary amides is 1. The highest BCUT2D eigenvalue weighted by molar-refractivity contribution is 6.33. The van der Waals surface area contributed by atoms with Gasteiger partial charge in [-0.25, -0.2) is 24.1 Å². The monoisotopic (exact) mass is 531 g/mol. The lowest BCUT2D eigenvalue weighted by atomic mass is 10.0. The number of benzene rings is 2. The van der Waals surface area contributed by atoms with Gasteiger partial charge in [-0.1, -0.05) is 11.6 Å². The summed E-state index contributed by atoms with van der Waals surface area (Å²) >= 11 is 6.60. The van der Waals surface area contributed by atoms with Crippen LogP contribution in [0.1, 0.15) is 24.7 Å². The van der Waals surface area contributed by atoms with E-state index >= 15 is 4.39 Å². The average molecular weight is 532 g/mol. The number of piperidine rings is 1. The Kier molecular flexibility index (Phi) is 6.03. The number of nitrogens with two attached hydrogens (primary N) is 1. The largest absolute Gasteiger partial charge is 0.424 e. The highest BCUT2D eigenvalue weighted by Gasteiger charge is 2.26. The zero-order chi connectivity index (χ0) is 26.4. The van der Waals surface area contributed by atoms with Crippen LogP contribution in [0.15, 0.2) is 55.0 Å². The molecule has 0 spiro atoms. The van der Waals surface area contributed by atoms with E-state index in [4.69, 9.17) is 27.1 Å². The van der Waals surface area contributed by atoms with Crippen molar-refractivity contribution >= 4 is 39.6 Å². The van der Waals surface area contributed by atoms with Crippen LogP contribution in [0.5, 0.6) is 11.8 Å². The number of likely N-dealkylation sites (tertiary alicyclic amines) is 1. The second-order valence-electron chi connectivity index (χ2n) is 9.20. The third-order valence-electron chi connectivity index (χ3n) is 6.90. The molecular formula is C27H23ClFN7O2. The van der Waals surface area contributed by atoms with E-state index in [1.165, 1.54) is 6.07 Å². The van der Waals surface area contributed by atoms with Gasteiger partial charge in [0.15, 0.2) is 0 Å². The van der Waals surface area contributed by atoms with Gasteiger partial charge in [0.05, 0.1) is 22.3 Å². The molecule has 11 heteroatoms. The second-order valence-corrected chi connectivity index (χ2v) is 9.61. The summed E-state index contributed by atoms with van der Waals surface area (Å²) in [7, 11) is 0. The SMILES string of the molecule is Cc1nc2cnc3cc(F)c(-c4ccc(Oc5ncccn5)cc4Cl)cc3c2n1C1CCN(C(N)=O)CC1. The number of aryl methyl sites for hydroxylation is 1. The summed E-state index contributed by atoms with van der Waals surface area (Å²) in [5.41, 5.74) is 8.45. The Labute approximate surface area is 222 Å². The molecule has 0 saturated carbocycles. The molecular weight excluding hydrogens is 509 g/mol. The summed E-state index contributed by atoms with van der Waals surface area (Å²) < 4.78 is 23.2. The molecule has 6 rings (SSSR count). The van der Waals surface area contributed by atoms with E-state index in [9.17, 15) is 4.79 Å². The Morgan fingerprint density at radius 3 is 2.55 bits per heavy atom. The molecule has 0 atom stereocenters. The van der Waals surface area contributed by atoms with Crippen LogP contribution in [0, 0.1) is 12.7 Å². The number of halogens is 2. The standard InChI is InChI=1S/C27H23ClFN7O2/c1-15-34-24-14-33-23-13-22(29)19(18-4-3-17(11-21(18)28)38-27-31-7-2-8-32-27)12-20(23)25(24)36(15)16-5-9-35(10-6-16)26(30)37/h2-4,7-8,11-14,16H,5-6,9-10H2,1H3,(H2,30,37). The van der Waals surface area contributed by atoms with Crippen molar-refractivity contribution in [2.45, 2.75) is 25.8 Å². The Bertz CT molecular complexity index is 1680. The van der Waals surface area contributed by atoms with Gasteiger partial charge < -0.3 is 19.9 Å². The van der Waals surface area contributed by atoms with E-state index < -0.39 is 11.8 Å². The first-order valence-electron chi connectivity index (χ1n) is 12.1. The maximum atomic E-state index is 15.4. The molecule has 3 aromatic heterocycles. The number of rotatable bonds is 4. The van der Waals surface area contributed by atoms with Crippen molar-refractivity contribution in [2.24, 2.45) is 5.73 Å². The molecule has 9 nitrogen and oxygen atoms in total. The van der Waals surface area contributed by atoms with Gasteiger partial charge in [0, 0.05) is 60.2 Å². The fourth-order valence-electron chi connectivity index (χ4n) is 5.13. The number of carbonyl (C=O) groups excluding carboxylic acids is 1. The molecule has 0 unspecified atom stereocenters. The van der Waals surface area contributed by atoms with E-state index in [0.29, 0.717) is 40.5 Å². The van der Waals surface area contributed by atoms with Gasteiger partial charge in [0.2, 0.25) is 0 Å². The summed E-state index contributed by atoms with van der Waals surface area (Å²) in [4.78, 5) is 30.6. The first-order chi connectivity index (χ1) is 18.4. The first kappa shape index (κ1) is 24.1. The number of aromatic nitrogens is 5. The van der Waals surface area contributed by atoms with Crippen LogP contribution in [0.4, 0.5) is 9.18 Å². The molecule has 1 aliphatic heterocycles. The van der Waals surface area contributed by atoms with Crippen molar-refractivity contribution in [2.75, 3.05) is 13.1 Å². The van der Waals surface area contributed by atoms with Gasteiger partial charge in [-0.2, -0.15) is 0 Å². The summed E-state index contributed by atoms with van der Waals surface area (Å²) in [5, 5.41) is 1.09. The van der Waals surface area contributed by atoms with Crippen molar-refractivity contribution < 1.29 is 13.9 Å². The summed E-state index contributed by atoms with van der Waals surface area (Å²) in [6.07, 6.45) is 6.30. The zero-order valence-electron chi connectivity index (χ0n) is 20.4. The van der Waals surface area contributed by atoms with E-state index in [2.05, 4.69) is 19.5 Å². The van der Waals surface area contributed by atoms with E-state index in [1.807, 2.05) is 6.92 Å². The van der Waals surface area contributed by atoms with Gasteiger partial charge in [-0.3, -0.25) is 4.98 Å². The molecule has 38 heavy (non-hydrogen) atoms. The van der Waals surface area contributed by atoms with Crippen molar-refractivity contribution in [1.29, 1.82) is 0 Å². The van der Waals surface area contributed by atoms with Gasteiger partial charge in [-0.05, 0) is 44.0 Å². The molecule has 1 aliphatic rings. The number of hydrogen-bond donors (Lipinski definition) is 1. The van der Waals surface area contributed by atoms with Gasteiger partial charge >= 0.3 is 12.0 Å². The molecule has 2 N–H and O–H groups in total. The molecule has 1 fully saturated rings. The Hall–Kier alpha value is -4.31. The molecule has 192 valence electrons. The van der Waals surface area contributed by atoms with Crippen molar-refractivity contribution in [3.63, 3.8) is 0 Å². The van der Waals surface area contributed by atoms with Crippen LogP contribution in [0.2, 0.25) is 5.02 Å². The Morgan fingerprint density at radius 1 is 1.08 bits per heavy atom. The molecule has 0 bridgehead atoms. The number of amides is 2. The van der Waals surface area contributed by atoms with Crippen LogP contribution < -0.4 is 10.5 Å². The van der Waals surface area contributed by atoms with Gasteiger partial charge in [0.25, 0.3) is 0 Å². The Balaban J connectivity index is 1.43. The van der Waals surface area contributed by atoms with Crippen molar-refractivity contribution in [3.05, 3.63) is 71.7 Å². The lowest BCUT2D eigenvalue weighted by Gasteiger charge is -2.32. The minimum atomic E-state index is -0.441. The lowest BCUT2D eigenvalue weighted by molar-refractivity contribution is 0.180. The molecule has 1 saturated heterocycles. The van der Waals surface area contributed by atoms with Gasteiger partial charge in [-0.15, -0.1) is 0 Å². The topological polar surface area (TPSA) is 112 Å². The molecule has 2 amide bonds. The summed E-state index contributed by atoms with van der Waals surface area (Å²) in [6, 6.07) is 9.80. The maximum absolute atomic E-state index is 15.4. The van der Waals surface area contributed by atoms with E-state index in [1.54, 1.807) is 53.8 Å². The quantitative estimate of drug-likeness (QED) is 0.321. The minimum Gasteiger partial charge on any atom is -0.424 e. The highest BCUT2D eigenvalue weighted by atomic mass is 35.5. The number of nitrogens with zero attached hydrogens (tertiary/aromatic N) is 6. The van der Waals surface area contributed by atoms with Crippen LogP contribution in [-0.4, -0.2) is 48.5 Å². The second kappa shape index (κ2) is 9.53. The van der Waals surface area contributed by atoms with Crippen LogP contribution in [-0.2, 0) is 0 Å². The fourth-order valence-corrected chi connectivity index (χ4v) is 5.41. The van der Waals surface area contributed by atoms with Crippen molar-refractivity contribution in [1.82, 2.24) is 29.4 Å². The maximum Gasteiger partial charge on any atom is 0.321 e. The molecule has 0 radical (unpaired) electrons. The summed E-state index contributed by atoms with van der Waals surface area (Å²) in [6.45, 7) is 3.09. The molecule has 0 aliphatic carbocycles. The third kappa shape index (κ3) is 4.26. The van der Waals surface area contributed by atoms with E-state index in [0.717, 1.165) is 35.1 Å². The average Bonchev–Trinajstić information content (AvgIpc) is 3.25. The number of urea groups is 1. The van der Waals surface area contributed by atoms with Gasteiger partial charge in [0.1, 0.15) is 22.9 Å².